The lowest BCUT2D eigenvalue weighted by atomic mass is 10.0. The van der Waals surface area contributed by atoms with Gasteiger partial charge in [0.25, 0.3) is 0 Å². The molecule has 0 aliphatic rings. The Morgan fingerprint density at radius 2 is 0.914 bits per heavy atom. The van der Waals surface area contributed by atoms with Crippen LogP contribution in [0.15, 0.2) is 34.1 Å². The molecule has 0 unspecified atom stereocenters. The van der Waals surface area contributed by atoms with Crippen molar-refractivity contribution in [3.63, 3.8) is 0 Å². The minimum Gasteiger partial charge on any atom is -0.203 e. The highest BCUT2D eigenvalue weighted by atomic mass is 32.2. The van der Waals surface area contributed by atoms with Crippen molar-refractivity contribution in [1.29, 1.82) is 0 Å². The Kier molecular flexibility index (Phi) is 8.80. The third-order valence-electron chi connectivity index (χ3n) is 5.29. The summed E-state index contributed by atoms with van der Waals surface area (Å²) in [4.78, 5) is -1.54. The number of halogens is 8. The minimum atomic E-state index is -1.46. The van der Waals surface area contributed by atoms with E-state index in [1.165, 1.54) is 20.8 Å². The normalized spacial score (nSPS) is 11.5. The fourth-order valence-corrected chi connectivity index (χ4v) is 5.27. The molecule has 0 saturated heterocycles. The van der Waals surface area contributed by atoms with E-state index in [2.05, 4.69) is 0 Å². The van der Waals surface area contributed by atoms with Crippen LogP contribution in [0.2, 0.25) is 0 Å². The van der Waals surface area contributed by atoms with E-state index in [1.807, 2.05) is 0 Å². The van der Waals surface area contributed by atoms with Gasteiger partial charge in [0.2, 0.25) is 0 Å². The van der Waals surface area contributed by atoms with E-state index < -0.39 is 73.4 Å². The fourth-order valence-electron chi connectivity index (χ4n) is 3.40. The van der Waals surface area contributed by atoms with Crippen LogP contribution in [-0.2, 0) is 17.9 Å². The number of hydrogen-bond donors (Lipinski definition) is 0. The quantitative estimate of drug-likeness (QED) is 0.160. The molecule has 0 fully saturated rings. The zero-order valence-electron chi connectivity index (χ0n) is 18.8. The van der Waals surface area contributed by atoms with E-state index in [4.69, 9.17) is 0 Å². The Hall–Kier alpha value is -2.20. The van der Waals surface area contributed by atoms with Gasteiger partial charge in [-0.1, -0.05) is 45.0 Å². The molecule has 188 valence electrons. The van der Waals surface area contributed by atoms with Crippen LogP contribution in [0.3, 0.4) is 0 Å². The molecule has 0 radical (unpaired) electrons. The first kappa shape index (κ1) is 27.4. The van der Waals surface area contributed by atoms with Crippen LogP contribution in [0.4, 0.5) is 35.1 Å². The summed E-state index contributed by atoms with van der Waals surface area (Å²) >= 11 is 1.17. The summed E-state index contributed by atoms with van der Waals surface area (Å²) in [5, 5.41) is 0. The molecule has 0 spiro atoms. The van der Waals surface area contributed by atoms with Crippen LogP contribution >= 0.6 is 23.5 Å². The van der Waals surface area contributed by atoms with Crippen molar-refractivity contribution in [3.8, 4) is 0 Å². The SMILES string of the molecule is CCc1c(F)c(F)c(SCc2ccc(CSc3c(F)c(F)c(C(C)C)c(F)c3F)cc2)c(F)c1F. The molecule has 3 aromatic carbocycles. The maximum Gasteiger partial charge on any atom is 0.175 e. The van der Waals surface area contributed by atoms with Gasteiger partial charge in [0, 0.05) is 22.6 Å². The van der Waals surface area contributed by atoms with Crippen molar-refractivity contribution in [1.82, 2.24) is 0 Å². The molecule has 3 aromatic rings. The van der Waals surface area contributed by atoms with E-state index in [-0.39, 0.29) is 17.9 Å². The van der Waals surface area contributed by atoms with Crippen LogP contribution in [0.25, 0.3) is 0 Å². The third kappa shape index (κ3) is 5.48. The molecule has 0 nitrogen and oxygen atoms in total. The summed E-state index contributed by atoms with van der Waals surface area (Å²) < 4.78 is 113. The van der Waals surface area contributed by atoms with E-state index in [1.54, 1.807) is 24.3 Å². The van der Waals surface area contributed by atoms with Crippen molar-refractivity contribution >= 4 is 23.5 Å². The van der Waals surface area contributed by atoms with Gasteiger partial charge in [-0.3, -0.25) is 0 Å². The molecule has 0 atom stereocenters. The molecular formula is C25H20F8S2. The highest BCUT2D eigenvalue weighted by Crippen LogP contribution is 2.37. The second-order valence-electron chi connectivity index (χ2n) is 7.96. The van der Waals surface area contributed by atoms with Gasteiger partial charge < -0.3 is 0 Å². The van der Waals surface area contributed by atoms with Gasteiger partial charge in [-0.05, 0) is 23.5 Å². The van der Waals surface area contributed by atoms with Crippen molar-refractivity contribution in [2.24, 2.45) is 0 Å². The standard InChI is InChI=1S/C25H20F8S2/c1-4-14-16(26)20(30)24(21(31)17(14)27)34-9-12-5-7-13(8-6-12)10-35-25-22(32)18(28)15(11(2)3)19(29)23(25)33/h5-8,11H,4,9-10H2,1-3H3. The molecule has 3 rings (SSSR count). The summed E-state index contributed by atoms with van der Waals surface area (Å²) in [5.74, 6) is -12.3. The van der Waals surface area contributed by atoms with Gasteiger partial charge in [0.05, 0.1) is 9.79 Å². The molecule has 35 heavy (non-hydrogen) atoms. The molecule has 0 aliphatic carbocycles. The lowest BCUT2D eigenvalue weighted by Gasteiger charge is -2.14. The maximum absolute atomic E-state index is 14.3. The summed E-state index contributed by atoms with van der Waals surface area (Å²) in [6.07, 6.45) is -0.203. The van der Waals surface area contributed by atoms with Gasteiger partial charge in [0.15, 0.2) is 46.5 Å². The minimum absolute atomic E-state index is 0.0119. The van der Waals surface area contributed by atoms with E-state index >= 15 is 0 Å². The van der Waals surface area contributed by atoms with Crippen LogP contribution in [0.1, 0.15) is 48.9 Å². The predicted molar refractivity (Wildman–Crippen MR) is 122 cm³/mol. The first-order valence-electron chi connectivity index (χ1n) is 10.5. The third-order valence-corrected chi connectivity index (χ3v) is 7.54. The zero-order valence-corrected chi connectivity index (χ0v) is 20.5. The van der Waals surface area contributed by atoms with Crippen molar-refractivity contribution in [3.05, 3.63) is 93.1 Å². The molecule has 0 heterocycles. The lowest BCUT2D eigenvalue weighted by Crippen LogP contribution is -2.07. The lowest BCUT2D eigenvalue weighted by molar-refractivity contribution is 0.407. The fraction of sp³-hybridized carbons (Fsp3) is 0.280. The predicted octanol–water partition coefficient (Wildman–Crippen LogP) is 9.07. The van der Waals surface area contributed by atoms with Crippen LogP contribution in [-0.4, -0.2) is 0 Å². The van der Waals surface area contributed by atoms with Crippen LogP contribution < -0.4 is 0 Å². The Bertz CT molecular complexity index is 1180. The molecule has 0 amide bonds. The highest BCUT2D eigenvalue weighted by molar-refractivity contribution is 7.98. The number of rotatable bonds is 8. The van der Waals surface area contributed by atoms with E-state index in [9.17, 15) is 35.1 Å². The van der Waals surface area contributed by atoms with Crippen LogP contribution in [0.5, 0.6) is 0 Å². The van der Waals surface area contributed by atoms with Crippen molar-refractivity contribution in [2.75, 3.05) is 0 Å². The first-order chi connectivity index (χ1) is 16.5. The molecule has 0 bridgehead atoms. The second-order valence-corrected chi connectivity index (χ2v) is 9.94. The molecule has 0 N–H and O–H groups in total. The zero-order chi connectivity index (χ0) is 26.0. The van der Waals surface area contributed by atoms with Gasteiger partial charge in [-0.25, -0.2) is 35.1 Å². The Balaban J connectivity index is 1.72. The summed E-state index contributed by atoms with van der Waals surface area (Å²) in [6, 6.07) is 6.23. The molecule has 0 aromatic heterocycles. The topological polar surface area (TPSA) is 0 Å². The number of hydrogen-bond acceptors (Lipinski definition) is 2. The molecular weight excluding hydrogens is 516 g/mol. The Morgan fingerprint density at radius 1 is 0.571 bits per heavy atom. The van der Waals surface area contributed by atoms with Crippen molar-refractivity contribution < 1.29 is 35.1 Å². The highest BCUT2D eigenvalue weighted by Gasteiger charge is 2.27. The molecule has 10 heteroatoms. The average molecular weight is 537 g/mol. The molecule has 0 aliphatic heterocycles. The van der Waals surface area contributed by atoms with E-state index in [0.717, 1.165) is 0 Å². The summed E-state index contributed by atoms with van der Waals surface area (Å²) in [6.45, 7) is 4.22. The maximum atomic E-state index is 14.3. The second kappa shape index (κ2) is 11.2. The number of benzene rings is 3. The van der Waals surface area contributed by atoms with Crippen molar-refractivity contribution in [2.45, 2.75) is 54.4 Å². The van der Waals surface area contributed by atoms with E-state index in [0.29, 0.717) is 34.7 Å². The van der Waals surface area contributed by atoms with Crippen LogP contribution in [0, 0.1) is 46.5 Å². The Labute approximate surface area is 206 Å². The summed E-state index contributed by atoms with van der Waals surface area (Å²) in [7, 11) is 0. The first-order valence-corrected chi connectivity index (χ1v) is 12.5. The smallest absolute Gasteiger partial charge is 0.175 e. The Morgan fingerprint density at radius 3 is 1.23 bits per heavy atom. The summed E-state index contributed by atoms with van der Waals surface area (Å²) in [5.41, 5.74) is -0.197. The number of thioether (sulfide) groups is 2. The largest absolute Gasteiger partial charge is 0.203 e. The van der Waals surface area contributed by atoms with Gasteiger partial charge in [0.1, 0.15) is 0 Å². The van der Waals surface area contributed by atoms with Gasteiger partial charge in [-0.15, -0.1) is 23.5 Å². The average Bonchev–Trinajstić information content (AvgIpc) is 2.82. The van der Waals surface area contributed by atoms with Gasteiger partial charge in [-0.2, -0.15) is 0 Å². The molecule has 0 saturated carbocycles. The monoisotopic (exact) mass is 536 g/mol. The van der Waals surface area contributed by atoms with Gasteiger partial charge >= 0.3 is 0 Å².